The van der Waals surface area contributed by atoms with Gasteiger partial charge in [0, 0.05) is 12.6 Å². The van der Waals surface area contributed by atoms with E-state index < -0.39 is 5.82 Å². The summed E-state index contributed by atoms with van der Waals surface area (Å²) in [6.07, 6.45) is 0. The van der Waals surface area contributed by atoms with Gasteiger partial charge in [-0.1, -0.05) is 0 Å². The monoisotopic (exact) mass is 277 g/mol. The minimum atomic E-state index is -0.472. The van der Waals surface area contributed by atoms with Crippen LogP contribution in [0.1, 0.15) is 12.6 Å². The number of rotatable bonds is 4. The van der Waals surface area contributed by atoms with E-state index >= 15 is 0 Å². The van der Waals surface area contributed by atoms with Gasteiger partial charge in [-0.05, 0) is 32.0 Å². The zero-order valence-electron chi connectivity index (χ0n) is 11.6. The molecule has 1 aromatic carbocycles. The molecule has 5 nitrogen and oxygen atoms in total. The van der Waals surface area contributed by atoms with Gasteiger partial charge in [-0.25, -0.2) is 14.4 Å². The molecular weight excluding hydrogens is 261 g/mol. The number of anilines is 1. The van der Waals surface area contributed by atoms with Crippen LogP contribution in [0.2, 0.25) is 0 Å². The first kappa shape index (κ1) is 14.0. The van der Waals surface area contributed by atoms with Gasteiger partial charge in [0.1, 0.15) is 0 Å². The molecule has 0 fully saturated rings. The molecule has 0 unspecified atom stereocenters. The Hall–Kier alpha value is -2.37. The maximum Gasteiger partial charge on any atom is 0.186 e. The summed E-state index contributed by atoms with van der Waals surface area (Å²) in [5, 5.41) is 12.4. The van der Waals surface area contributed by atoms with E-state index in [2.05, 4.69) is 15.3 Å². The lowest BCUT2D eigenvalue weighted by atomic mass is 10.2. The van der Waals surface area contributed by atoms with Crippen LogP contribution in [0, 0.1) is 12.7 Å². The number of aromatic nitrogens is 2. The van der Waals surface area contributed by atoms with Crippen molar-refractivity contribution >= 4 is 5.82 Å². The van der Waals surface area contributed by atoms with Crippen molar-refractivity contribution in [2.75, 3.05) is 19.0 Å². The second-order valence-electron chi connectivity index (χ2n) is 4.16. The molecule has 1 aromatic heterocycles. The molecule has 0 saturated carbocycles. The number of ether oxygens (including phenoxy) is 1. The Morgan fingerprint density at radius 2 is 2.10 bits per heavy atom. The van der Waals surface area contributed by atoms with Gasteiger partial charge in [0.05, 0.1) is 12.3 Å². The molecule has 0 atom stereocenters. The molecule has 0 radical (unpaired) electrons. The maximum atomic E-state index is 13.7. The second-order valence-corrected chi connectivity index (χ2v) is 4.16. The third-order valence-corrected chi connectivity index (χ3v) is 2.77. The third-order valence-electron chi connectivity index (χ3n) is 2.77. The number of benzene rings is 1. The fourth-order valence-corrected chi connectivity index (χ4v) is 1.78. The summed E-state index contributed by atoms with van der Waals surface area (Å²) < 4.78 is 19.0. The maximum absolute atomic E-state index is 13.7. The molecule has 20 heavy (non-hydrogen) atoms. The predicted molar refractivity (Wildman–Crippen MR) is 74.5 cm³/mol. The third kappa shape index (κ3) is 2.64. The number of aromatic hydroxyl groups is 1. The lowest BCUT2D eigenvalue weighted by Crippen LogP contribution is -2.03. The standard InChI is InChI=1S/C14H16FN3O2/c1-4-20-11-7-9(5-6-10(11)19)13-17-8(2)12(15)14(16-3)18-13/h5-7,19H,4H2,1-3H3,(H,16,17,18). The molecule has 6 heteroatoms. The normalized spacial score (nSPS) is 10.4. The quantitative estimate of drug-likeness (QED) is 0.899. The van der Waals surface area contributed by atoms with Crippen LogP contribution in [0.3, 0.4) is 0 Å². The Labute approximate surface area is 116 Å². The SMILES string of the molecule is CCOc1cc(-c2nc(C)c(F)c(NC)n2)ccc1O. The number of aryl methyl sites for hydroxylation is 1. The number of hydrogen-bond acceptors (Lipinski definition) is 5. The van der Waals surface area contributed by atoms with Crippen LogP contribution in [0.5, 0.6) is 11.5 Å². The Bertz CT molecular complexity index is 632. The van der Waals surface area contributed by atoms with Crippen LogP contribution in [-0.2, 0) is 0 Å². The average Bonchev–Trinajstić information content (AvgIpc) is 2.44. The van der Waals surface area contributed by atoms with Crippen molar-refractivity contribution in [2.24, 2.45) is 0 Å². The van der Waals surface area contributed by atoms with Crippen LogP contribution in [-0.4, -0.2) is 28.7 Å². The number of nitrogens with one attached hydrogen (secondary N) is 1. The van der Waals surface area contributed by atoms with Crippen molar-refractivity contribution in [1.82, 2.24) is 9.97 Å². The van der Waals surface area contributed by atoms with Crippen LogP contribution >= 0.6 is 0 Å². The molecule has 2 aromatic rings. The van der Waals surface area contributed by atoms with Gasteiger partial charge >= 0.3 is 0 Å². The predicted octanol–water partition coefficient (Wildman–Crippen LogP) is 2.74. The largest absolute Gasteiger partial charge is 0.504 e. The van der Waals surface area contributed by atoms with Gasteiger partial charge in [-0.2, -0.15) is 0 Å². The van der Waals surface area contributed by atoms with Gasteiger partial charge in [-0.3, -0.25) is 0 Å². The topological polar surface area (TPSA) is 67.3 Å². The Balaban J connectivity index is 2.51. The molecule has 0 aliphatic carbocycles. The highest BCUT2D eigenvalue weighted by Gasteiger charge is 2.13. The average molecular weight is 277 g/mol. The second kappa shape index (κ2) is 5.73. The molecule has 1 heterocycles. The summed E-state index contributed by atoms with van der Waals surface area (Å²) in [5.74, 6) is 0.428. The Morgan fingerprint density at radius 3 is 2.75 bits per heavy atom. The van der Waals surface area contributed by atoms with Gasteiger partial charge in [0.2, 0.25) is 0 Å². The number of nitrogens with zero attached hydrogens (tertiary/aromatic N) is 2. The lowest BCUT2D eigenvalue weighted by Gasteiger charge is -2.10. The summed E-state index contributed by atoms with van der Waals surface area (Å²) in [6, 6.07) is 4.79. The highest BCUT2D eigenvalue weighted by molar-refractivity contribution is 5.62. The number of phenols is 1. The molecule has 106 valence electrons. The molecule has 2 rings (SSSR count). The fraction of sp³-hybridized carbons (Fsp3) is 0.286. The van der Waals surface area contributed by atoms with Crippen LogP contribution in [0.4, 0.5) is 10.2 Å². The number of hydrogen-bond donors (Lipinski definition) is 2. The Kier molecular flexibility index (Phi) is 4.02. The summed E-state index contributed by atoms with van der Waals surface area (Å²) in [4.78, 5) is 8.24. The zero-order valence-corrected chi connectivity index (χ0v) is 11.6. The highest BCUT2D eigenvalue weighted by Crippen LogP contribution is 2.31. The van der Waals surface area contributed by atoms with Gasteiger partial charge < -0.3 is 15.2 Å². The lowest BCUT2D eigenvalue weighted by molar-refractivity contribution is 0.318. The molecule has 0 spiro atoms. The molecule has 0 aliphatic rings. The van der Waals surface area contributed by atoms with E-state index in [4.69, 9.17) is 4.74 Å². The first-order chi connectivity index (χ1) is 9.56. The van der Waals surface area contributed by atoms with E-state index in [1.165, 1.54) is 6.07 Å². The first-order valence-electron chi connectivity index (χ1n) is 6.24. The van der Waals surface area contributed by atoms with Crippen LogP contribution in [0.15, 0.2) is 18.2 Å². The number of phenolic OH excluding ortho intramolecular Hbond substituents is 1. The van der Waals surface area contributed by atoms with Gasteiger partial charge in [0.25, 0.3) is 0 Å². The molecule has 2 N–H and O–H groups in total. The number of halogens is 1. The van der Waals surface area contributed by atoms with E-state index in [1.54, 1.807) is 26.1 Å². The van der Waals surface area contributed by atoms with Crippen molar-refractivity contribution in [3.8, 4) is 22.9 Å². The van der Waals surface area contributed by atoms with Crippen molar-refractivity contribution in [1.29, 1.82) is 0 Å². The zero-order chi connectivity index (χ0) is 14.7. The fourth-order valence-electron chi connectivity index (χ4n) is 1.78. The van der Waals surface area contributed by atoms with Crippen LogP contribution in [0.25, 0.3) is 11.4 Å². The van der Waals surface area contributed by atoms with Crippen molar-refractivity contribution in [3.05, 3.63) is 29.7 Å². The van der Waals surface area contributed by atoms with Crippen molar-refractivity contribution in [2.45, 2.75) is 13.8 Å². The molecule has 0 saturated heterocycles. The smallest absolute Gasteiger partial charge is 0.186 e. The van der Waals surface area contributed by atoms with E-state index in [0.717, 1.165) is 0 Å². The Morgan fingerprint density at radius 1 is 1.35 bits per heavy atom. The summed E-state index contributed by atoms with van der Waals surface area (Å²) >= 11 is 0. The summed E-state index contributed by atoms with van der Waals surface area (Å²) in [7, 11) is 1.59. The van der Waals surface area contributed by atoms with E-state index in [1.807, 2.05) is 6.92 Å². The first-order valence-corrected chi connectivity index (χ1v) is 6.24. The molecule has 0 amide bonds. The molecular formula is C14H16FN3O2. The van der Waals surface area contributed by atoms with E-state index in [9.17, 15) is 9.50 Å². The molecule has 0 bridgehead atoms. The summed E-state index contributed by atoms with van der Waals surface area (Å²) in [5.41, 5.74) is 0.899. The minimum absolute atomic E-state index is 0.0447. The molecule has 0 aliphatic heterocycles. The van der Waals surface area contributed by atoms with Gasteiger partial charge in [-0.15, -0.1) is 0 Å². The van der Waals surface area contributed by atoms with E-state index in [0.29, 0.717) is 23.7 Å². The van der Waals surface area contributed by atoms with E-state index in [-0.39, 0.29) is 17.3 Å². The van der Waals surface area contributed by atoms with Crippen LogP contribution < -0.4 is 10.1 Å². The van der Waals surface area contributed by atoms with Gasteiger partial charge in [0.15, 0.2) is 29.0 Å². The van der Waals surface area contributed by atoms with Crippen molar-refractivity contribution < 1.29 is 14.2 Å². The minimum Gasteiger partial charge on any atom is -0.504 e. The summed E-state index contributed by atoms with van der Waals surface area (Å²) in [6.45, 7) is 3.83. The highest BCUT2D eigenvalue weighted by atomic mass is 19.1. The van der Waals surface area contributed by atoms with Crippen molar-refractivity contribution in [3.63, 3.8) is 0 Å².